The van der Waals surface area contributed by atoms with Gasteiger partial charge in [0.05, 0.1) is 24.0 Å². The van der Waals surface area contributed by atoms with Crippen molar-refractivity contribution in [3.63, 3.8) is 0 Å². The van der Waals surface area contributed by atoms with Gasteiger partial charge < -0.3 is 15.4 Å². The number of anilines is 1. The van der Waals surface area contributed by atoms with Crippen molar-refractivity contribution >= 4 is 23.5 Å². The van der Waals surface area contributed by atoms with Crippen molar-refractivity contribution in [2.45, 2.75) is 20.0 Å². The van der Waals surface area contributed by atoms with Gasteiger partial charge in [-0.25, -0.2) is 9.48 Å². The molecular formula is C27H25N5O4. The van der Waals surface area contributed by atoms with Gasteiger partial charge in [0.15, 0.2) is 12.3 Å². The van der Waals surface area contributed by atoms with E-state index in [-0.39, 0.29) is 11.6 Å². The summed E-state index contributed by atoms with van der Waals surface area (Å²) in [7, 11) is 0. The molecular weight excluding hydrogens is 458 g/mol. The van der Waals surface area contributed by atoms with Gasteiger partial charge in [0.25, 0.3) is 11.8 Å². The Balaban J connectivity index is 1.29. The topological polar surface area (TPSA) is 115 Å². The lowest BCUT2D eigenvalue weighted by Gasteiger charge is -2.12. The van der Waals surface area contributed by atoms with Crippen LogP contribution in [0.2, 0.25) is 0 Å². The summed E-state index contributed by atoms with van der Waals surface area (Å²) in [6.45, 7) is 2.26. The normalized spacial score (nSPS) is 10.5. The molecule has 0 aliphatic carbocycles. The molecule has 4 rings (SSSR count). The zero-order valence-electron chi connectivity index (χ0n) is 19.7. The summed E-state index contributed by atoms with van der Waals surface area (Å²) in [5.74, 6) is -1.69. The second-order valence-corrected chi connectivity index (χ2v) is 8.13. The Morgan fingerprint density at radius 2 is 1.61 bits per heavy atom. The van der Waals surface area contributed by atoms with Crippen molar-refractivity contribution < 1.29 is 19.1 Å². The lowest BCUT2D eigenvalue weighted by Crippen LogP contribution is -2.26. The number of carbonyl (C=O) groups is 3. The van der Waals surface area contributed by atoms with Crippen LogP contribution in [0.5, 0.6) is 0 Å². The number of rotatable bonds is 9. The number of ether oxygens (including phenoxy) is 1. The largest absolute Gasteiger partial charge is 0.451 e. The molecule has 9 heteroatoms. The number of amides is 2. The third-order valence-electron chi connectivity index (χ3n) is 5.29. The molecule has 0 aliphatic heterocycles. The molecule has 2 N–H and O–H groups in total. The van der Waals surface area contributed by atoms with Gasteiger partial charge in [-0.05, 0) is 30.2 Å². The number of aryl methyl sites for hydroxylation is 1. The Labute approximate surface area is 208 Å². The molecule has 0 radical (unpaired) electrons. The van der Waals surface area contributed by atoms with Crippen LogP contribution in [-0.2, 0) is 22.6 Å². The number of para-hydroxylation sites is 1. The highest BCUT2D eigenvalue weighted by Gasteiger charge is 2.17. The molecule has 1 aromatic heterocycles. The van der Waals surface area contributed by atoms with Crippen molar-refractivity contribution in [1.29, 1.82) is 0 Å². The highest BCUT2D eigenvalue weighted by Crippen LogP contribution is 2.15. The van der Waals surface area contributed by atoms with Crippen LogP contribution in [0.15, 0.2) is 85.1 Å². The second kappa shape index (κ2) is 11.6. The van der Waals surface area contributed by atoms with Crippen molar-refractivity contribution in [3.8, 4) is 0 Å². The summed E-state index contributed by atoms with van der Waals surface area (Å²) < 4.78 is 6.58. The van der Waals surface area contributed by atoms with E-state index < -0.39 is 18.5 Å². The van der Waals surface area contributed by atoms with Crippen molar-refractivity contribution in [1.82, 2.24) is 20.3 Å². The molecule has 0 fully saturated rings. The maximum atomic E-state index is 12.7. The summed E-state index contributed by atoms with van der Waals surface area (Å²) in [6, 6.07) is 24.0. The predicted molar refractivity (Wildman–Crippen MR) is 133 cm³/mol. The Kier molecular flexibility index (Phi) is 7.82. The maximum absolute atomic E-state index is 12.7. The molecule has 0 spiro atoms. The first kappa shape index (κ1) is 24.3. The number of nitrogens with one attached hydrogen (secondary N) is 2. The minimum atomic E-state index is -0.770. The molecule has 3 aromatic carbocycles. The van der Waals surface area contributed by atoms with Crippen LogP contribution in [-0.4, -0.2) is 39.4 Å². The summed E-state index contributed by atoms with van der Waals surface area (Å²) in [6.07, 6.45) is 1.46. The molecule has 4 aromatic rings. The van der Waals surface area contributed by atoms with Crippen molar-refractivity contribution in [2.75, 3.05) is 11.9 Å². The zero-order valence-corrected chi connectivity index (χ0v) is 19.7. The van der Waals surface area contributed by atoms with Gasteiger partial charge in [0.1, 0.15) is 0 Å². The highest BCUT2D eigenvalue weighted by molar-refractivity contribution is 6.04. The number of hydrogen-bond acceptors (Lipinski definition) is 6. The molecule has 0 atom stereocenters. The van der Waals surface area contributed by atoms with Crippen LogP contribution in [0, 0.1) is 6.92 Å². The Morgan fingerprint density at radius 1 is 0.889 bits per heavy atom. The van der Waals surface area contributed by atoms with E-state index in [0.717, 1.165) is 16.7 Å². The fourth-order valence-corrected chi connectivity index (χ4v) is 3.40. The fourth-order valence-electron chi connectivity index (χ4n) is 3.40. The zero-order chi connectivity index (χ0) is 25.3. The minimum absolute atomic E-state index is 0.00499. The standard InChI is InChI=1S/C27H25N5O4/c1-19-11-13-20(14-12-19)15-28-26(34)22-9-5-6-10-23(22)29-25(33)18-36-27(35)24-17-32(31-30-24)16-21-7-3-2-4-8-21/h2-14,17H,15-16,18H2,1H3,(H,28,34)(H,29,33). The van der Waals surface area contributed by atoms with E-state index in [1.165, 1.54) is 10.9 Å². The van der Waals surface area contributed by atoms with E-state index in [0.29, 0.717) is 24.3 Å². The average Bonchev–Trinajstić information content (AvgIpc) is 3.36. The lowest BCUT2D eigenvalue weighted by molar-refractivity contribution is -0.119. The first-order valence-electron chi connectivity index (χ1n) is 11.3. The first-order chi connectivity index (χ1) is 17.5. The molecule has 0 saturated heterocycles. The summed E-state index contributed by atoms with van der Waals surface area (Å²) in [5.41, 5.74) is 3.71. The van der Waals surface area contributed by atoms with Crippen LogP contribution in [0.25, 0.3) is 0 Å². The average molecular weight is 484 g/mol. The molecule has 36 heavy (non-hydrogen) atoms. The number of nitrogens with zero attached hydrogens (tertiary/aromatic N) is 3. The molecule has 1 heterocycles. The van der Waals surface area contributed by atoms with Crippen LogP contribution >= 0.6 is 0 Å². The van der Waals surface area contributed by atoms with Crippen LogP contribution in [0.1, 0.15) is 37.5 Å². The number of esters is 1. The van der Waals surface area contributed by atoms with Gasteiger partial charge in [0.2, 0.25) is 0 Å². The number of carbonyl (C=O) groups excluding carboxylic acids is 3. The lowest BCUT2D eigenvalue weighted by atomic mass is 10.1. The molecule has 0 aliphatic rings. The number of hydrogen-bond donors (Lipinski definition) is 2. The second-order valence-electron chi connectivity index (χ2n) is 8.13. The van der Waals surface area contributed by atoms with Gasteiger partial charge in [0, 0.05) is 6.54 Å². The van der Waals surface area contributed by atoms with Crippen LogP contribution in [0.4, 0.5) is 5.69 Å². The summed E-state index contributed by atoms with van der Waals surface area (Å²) in [5, 5.41) is 13.2. The summed E-state index contributed by atoms with van der Waals surface area (Å²) >= 11 is 0. The molecule has 182 valence electrons. The highest BCUT2D eigenvalue weighted by atomic mass is 16.5. The number of aromatic nitrogens is 3. The predicted octanol–water partition coefficient (Wildman–Crippen LogP) is 3.36. The van der Waals surface area contributed by atoms with E-state index in [9.17, 15) is 14.4 Å². The quantitative estimate of drug-likeness (QED) is 0.353. The third-order valence-corrected chi connectivity index (χ3v) is 5.29. The van der Waals surface area contributed by atoms with Gasteiger partial charge >= 0.3 is 5.97 Å². The minimum Gasteiger partial charge on any atom is -0.451 e. The van der Waals surface area contributed by atoms with E-state index >= 15 is 0 Å². The van der Waals surface area contributed by atoms with Crippen molar-refractivity contribution in [3.05, 3.63) is 113 Å². The van der Waals surface area contributed by atoms with Crippen LogP contribution < -0.4 is 10.6 Å². The summed E-state index contributed by atoms with van der Waals surface area (Å²) in [4.78, 5) is 37.4. The Hall–Kier alpha value is -4.79. The molecule has 0 saturated carbocycles. The smallest absolute Gasteiger partial charge is 0.361 e. The van der Waals surface area contributed by atoms with Gasteiger partial charge in [-0.3, -0.25) is 9.59 Å². The molecule has 0 bridgehead atoms. The SMILES string of the molecule is Cc1ccc(CNC(=O)c2ccccc2NC(=O)COC(=O)c2cn(Cc3ccccc3)nn2)cc1. The van der Waals surface area contributed by atoms with E-state index in [1.807, 2.05) is 61.5 Å². The van der Waals surface area contributed by atoms with E-state index in [2.05, 4.69) is 20.9 Å². The maximum Gasteiger partial charge on any atom is 0.361 e. The Morgan fingerprint density at radius 3 is 2.39 bits per heavy atom. The Bertz CT molecular complexity index is 1350. The van der Waals surface area contributed by atoms with Gasteiger partial charge in [-0.1, -0.05) is 77.5 Å². The third kappa shape index (κ3) is 6.63. The molecule has 2 amide bonds. The van der Waals surface area contributed by atoms with E-state index in [4.69, 9.17) is 4.74 Å². The molecule has 0 unspecified atom stereocenters. The van der Waals surface area contributed by atoms with Gasteiger partial charge in [-0.15, -0.1) is 5.10 Å². The van der Waals surface area contributed by atoms with Crippen LogP contribution in [0.3, 0.4) is 0 Å². The fraction of sp³-hybridized carbons (Fsp3) is 0.148. The molecule has 9 nitrogen and oxygen atoms in total. The van der Waals surface area contributed by atoms with E-state index in [1.54, 1.807) is 24.3 Å². The monoisotopic (exact) mass is 483 g/mol. The number of benzene rings is 3. The first-order valence-corrected chi connectivity index (χ1v) is 11.3. The van der Waals surface area contributed by atoms with Crippen molar-refractivity contribution in [2.24, 2.45) is 0 Å². The van der Waals surface area contributed by atoms with Gasteiger partial charge in [-0.2, -0.15) is 0 Å².